The van der Waals surface area contributed by atoms with Crippen molar-refractivity contribution in [2.75, 3.05) is 5.73 Å². The number of anilines is 1. The Morgan fingerprint density at radius 2 is 2.11 bits per heavy atom. The molecule has 3 N–H and O–H groups in total. The van der Waals surface area contributed by atoms with Crippen LogP contribution in [0.15, 0.2) is 6.20 Å². The molecule has 19 heavy (non-hydrogen) atoms. The minimum Gasteiger partial charge on any atom is -0.368 e. The van der Waals surface area contributed by atoms with E-state index in [2.05, 4.69) is 32.2 Å². The van der Waals surface area contributed by atoms with Gasteiger partial charge in [0.2, 0.25) is 5.95 Å². The largest absolute Gasteiger partial charge is 0.368 e. The average molecular weight is 257 g/mol. The van der Waals surface area contributed by atoms with Crippen molar-refractivity contribution in [3.8, 4) is 5.82 Å². The lowest BCUT2D eigenvalue weighted by Crippen LogP contribution is -2.06. The maximum Gasteiger partial charge on any atom is 0.224 e. The maximum absolute atomic E-state index is 5.74. The van der Waals surface area contributed by atoms with E-state index < -0.39 is 0 Å². The summed E-state index contributed by atoms with van der Waals surface area (Å²) in [5.74, 6) is 0.869. The molecule has 0 amide bonds. The predicted octanol–water partition coefficient (Wildman–Crippen LogP) is 1.30. The van der Waals surface area contributed by atoms with E-state index >= 15 is 0 Å². The van der Waals surface area contributed by atoms with Crippen molar-refractivity contribution in [1.82, 2.24) is 29.9 Å². The van der Waals surface area contributed by atoms with E-state index in [-0.39, 0.29) is 5.95 Å². The van der Waals surface area contributed by atoms with Crippen molar-refractivity contribution < 1.29 is 0 Å². The van der Waals surface area contributed by atoms with Crippen LogP contribution >= 0.6 is 0 Å². The number of H-pyrrole nitrogens is 1. The molecule has 7 heteroatoms. The van der Waals surface area contributed by atoms with Crippen LogP contribution < -0.4 is 5.73 Å². The third-order valence-electron chi connectivity index (χ3n) is 3.30. The fourth-order valence-electron chi connectivity index (χ4n) is 2.39. The molecule has 0 aliphatic carbocycles. The van der Waals surface area contributed by atoms with E-state index in [4.69, 9.17) is 5.73 Å². The first kappa shape index (κ1) is 11.6. The highest BCUT2D eigenvalue weighted by atomic mass is 15.3. The van der Waals surface area contributed by atoms with E-state index in [1.807, 2.05) is 18.5 Å². The summed E-state index contributed by atoms with van der Waals surface area (Å²) in [4.78, 5) is 8.41. The van der Waals surface area contributed by atoms with Gasteiger partial charge >= 0.3 is 0 Å². The molecule has 0 radical (unpaired) electrons. The molecule has 7 nitrogen and oxygen atoms in total. The first-order valence-electron chi connectivity index (χ1n) is 6.14. The molecule has 0 spiro atoms. The fraction of sp³-hybridized carbons (Fsp3) is 0.333. The normalized spacial score (nSPS) is 11.3. The second-order valence-electron chi connectivity index (χ2n) is 4.45. The highest BCUT2D eigenvalue weighted by Gasteiger charge is 2.16. The average Bonchev–Trinajstić information content (AvgIpc) is 2.93. The van der Waals surface area contributed by atoms with E-state index in [0.717, 1.165) is 23.2 Å². The molecule has 0 aromatic carbocycles. The number of aromatic amines is 1. The van der Waals surface area contributed by atoms with Crippen LogP contribution in [0.5, 0.6) is 0 Å². The van der Waals surface area contributed by atoms with E-state index in [9.17, 15) is 0 Å². The van der Waals surface area contributed by atoms with Crippen LogP contribution in [0.25, 0.3) is 16.9 Å². The Balaban J connectivity index is 2.33. The summed E-state index contributed by atoms with van der Waals surface area (Å²) in [6.45, 7) is 6.14. The number of fused-ring (bicyclic) bond motifs is 1. The smallest absolute Gasteiger partial charge is 0.224 e. The van der Waals surface area contributed by atoms with Crippen molar-refractivity contribution in [3.63, 3.8) is 0 Å². The highest BCUT2D eigenvalue weighted by molar-refractivity contribution is 5.82. The lowest BCUT2D eigenvalue weighted by atomic mass is 10.1. The Morgan fingerprint density at radius 3 is 2.79 bits per heavy atom. The summed E-state index contributed by atoms with van der Waals surface area (Å²) in [5.41, 5.74) is 9.66. The minimum absolute atomic E-state index is 0.206. The third kappa shape index (κ3) is 1.66. The fourth-order valence-corrected chi connectivity index (χ4v) is 2.39. The zero-order chi connectivity index (χ0) is 13.6. The lowest BCUT2D eigenvalue weighted by molar-refractivity contribution is 0.811. The summed E-state index contributed by atoms with van der Waals surface area (Å²) in [6.07, 6.45) is 2.62. The van der Waals surface area contributed by atoms with Crippen LogP contribution in [0.2, 0.25) is 0 Å². The van der Waals surface area contributed by atoms with E-state index in [1.54, 1.807) is 6.20 Å². The van der Waals surface area contributed by atoms with Gasteiger partial charge in [0, 0.05) is 5.69 Å². The van der Waals surface area contributed by atoms with Gasteiger partial charge in [0.25, 0.3) is 0 Å². The Bertz CT molecular complexity index is 753. The molecule has 0 saturated carbocycles. The Labute approximate surface area is 109 Å². The molecule has 0 saturated heterocycles. The van der Waals surface area contributed by atoms with Gasteiger partial charge in [0.05, 0.1) is 17.3 Å². The number of aromatic nitrogens is 6. The van der Waals surface area contributed by atoms with Crippen LogP contribution in [-0.4, -0.2) is 29.9 Å². The molecular weight excluding hydrogens is 242 g/mol. The zero-order valence-corrected chi connectivity index (χ0v) is 11.1. The van der Waals surface area contributed by atoms with Crippen LogP contribution in [0, 0.1) is 13.8 Å². The SMILES string of the molecule is CCc1c(C)nn(-c2nc(N)nc3[nH]ncc23)c1C. The summed E-state index contributed by atoms with van der Waals surface area (Å²) in [6, 6.07) is 0. The number of nitrogens with one attached hydrogen (secondary N) is 1. The van der Waals surface area contributed by atoms with Gasteiger partial charge in [-0.15, -0.1) is 0 Å². The zero-order valence-electron chi connectivity index (χ0n) is 11.1. The standard InChI is InChI=1S/C12H15N7/c1-4-8-6(2)18-19(7(8)3)11-9-5-14-17-10(9)15-12(13)16-11/h5H,4H2,1-3H3,(H3,13,14,15,16,17). The number of nitrogens with zero attached hydrogens (tertiary/aromatic N) is 5. The summed E-state index contributed by atoms with van der Waals surface area (Å²) in [7, 11) is 0. The van der Waals surface area contributed by atoms with Crippen molar-refractivity contribution in [1.29, 1.82) is 0 Å². The summed E-state index contributed by atoms with van der Waals surface area (Å²) < 4.78 is 1.81. The monoisotopic (exact) mass is 257 g/mol. The molecule has 0 atom stereocenters. The van der Waals surface area contributed by atoms with Crippen LogP contribution in [0.4, 0.5) is 5.95 Å². The molecule has 98 valence electrons. The Kier molecular flexibility index (Phi) is 2.48. The Morgan fingerprint density at radius 1 is 1.32 bits per heavy atom. The van der Waals surface area contributed by atoms with Gasteiger partial charge in [-0.05, 0) is 25.8 Å². The molecular formula is C12H15N7. The molecule has 0 aliphatic rings. The second-order valence-corrected chi connectivity index (χ2v) is 4.45. The van der Waals surface area contributed by atoms with Crippen molar-refractivity contribution in [2.45, 2.75) is 27.2 Å². The first-order valence-corrected chi connectivity index (χ1v) is 6.14. The number of aryl methyl sites for hydroxylation is 1. The molecule has 3 aromatic heterocycles. The minimum atomic E-state index is 0.206. The van der Waals surface area contributed by atoms with E-state index in [0.29, 0.717) is 11.5 Å². The van der Waals surface area contributed by atoms with Crippen molar-refractivity contribution >= 4 is 17.0 Å². The molecule has 3 heterocycles. The van der Waals surface area contributed by atoms with Crippen molar-refractivity contribution in [2.24, 2.45) is 0 Å². The number of hydrogen-bond acceptors (Lipinski definition) is 5. The molecule has 0 fully saturated rings. The molecule has 0 aliphatic heterocycles. The van der Waals surface area contributed by atoms with Gasteiger partial charge in [-0.1, -0.05) is 6.92 Å². The third-order valence-corrected chi connectivity index (χ3v) is 3.30. The van der Waals surface area contributed by atoms with Crippen molar-refractivity contribution in [3.05, 3.63) is 23.1 Å². The quantitative estimate of drug-likeness (QED) is 0.721. The topological polar surface area (TPSA) is 98.3 Å². The molecule has 3 aromatic rings. The highest BCUT2D eigenvalue weighted by Crippen LogP contribution is 2.22. The van der Waals surface area contributed by atoms with Crippen LogP contribution in [0.1, 0.15) is 23.9 Å². The van der Waals surface area contributed by atoms with Gasteiger partial charge < -0.3 is 5.73 Å². The predicted molar refractivity (Wildman–Crippen MR) is 72.1 cm³/mol. The summed E-state index contributed by atoms with van der Waals surface area (Å²) in [5, 5.41) is 12.1. The maximum atomic E-state index is 5.74. The number of nitrogens with two attached hydrogens (primary N) is 1. The van der Waals surface area contributed by atoms with E-state index in [1.165, 1.54) is 5.56 Å². The van der Waals surface area contributed by atoms with Gasteiger partial charge in [0.15, 0.2) is 11.5 Å². The number of hydrogen-bond donors (Lipinski definition) is 2. The van der Waals surface area contributed by atoms with Gasteiger partial charge in [-0.3, -0.25) is 5.10 Å². The number of nitrogen functional groups attached to an aromatic ring is 1. The lowest BCUT2D eigenvalue weighted by Gasteiger charge is -2.05. The van der Waals surface area contributed by atoms with Crippen LogP contribution in [-0.2, 0) is 6.42 Å². The molecule has 0 bridgehead atoms. The van der Waals surface area contributed by atoms with Crippen LogP contribution in [0.3, 0.4) is 0 Å². The van der Waals surface area contributed by atoms with Gasteiger partial charge in [0.1, 0.15) is 0 Å². The van der Waals surface area contributed by atoms with Gasteiger partial charge in [-0.2, -0.15) is 20.2 Å². The Hall–Kier alpha value is -2.44. The second kappa shape index (κ2) is 4.04. The molecule has 3 rings (SSSR count). The number of rotatable bonds is 2. The first-order chi connectivity index (χ1) is 9.11. The molecule has 0 unspecified atom stereocenters. The summed E-state index contributed by atoms with van der Waals surface area (Å²) >= 11 is 0. The van der Waals surface area contributed by atoms with Gasteiger partial charge in [-0.25, -0.2) is 4.68 Å².